The normalized spacial score (nSPS) is 16.9. The van der Waals surface area contributed by atoms with Crippen LogP contribution in [-0.2, 0) is 6.54 Å². The van der Waals surface area contributed by atoms with E-state index in [0.717, 1.165) is 25.3 Å². The summed E-state index contributed by atoms with van der Waals surface area (Å²) in [6, 6.07) is 4.14. The van der Waals surface area contributed by atoms with E-state index in [1.54, 1.807) is 0 Å². The number of piperidine rings is 1. The van der Waals surface area contributed by atoms with E-state index >= 15 is 0 Å². The summed E-state index contributed by atoms with van der Waals surface area (Å²) >= 11 is 0. The highest BCUT2D eigenvalue weighted by molar-refractivity contribution is 5.81. The molecule has 5 heteroatoms. The first kappa shape index (κ1) is 14.5. The smallest absolute Gasteiger partial charge is 0.137 e. The summed E-state index contributed by atoms with van der Waals surface area (Å²) in [5.41, 5.74) is 3.68. The van der Waals surface area contributed by atoms with E-state index in [1.165, 1.54) is 29.5 Å². The summed E-state index contributed by atoms with van der Waals surface area (Å²) in [5.74, 6) is 0.581. The Bertz CT molecular complexity index is 589. The zero-order valence-electron chi connectivity index (χ0n) is 12.6. The number of aromatic amines is 1. The molecule has 1 aliphatic rings. The first-order valence-corrected chi connectivity index (χ1v) is 7.75. The molecule has 0 bridgehead atoms. The van der Waals surface area contributed by atoms with Gasteiger partial charge in [0.2, 0.25) is 0 Å². The summed E-state index contributed by atoms with van der Waals surface area (Å²) in [4.78, 5) is 10.2. The van der Waals surface area contributed by atoms with Crippen LogP contribution in [0.25, 0.3) is 11.0 Å². The molecule has 0 spiro atoms. The largest absolute Gasteiger partial charge is 0.395 e. The van der Waals surface area contributed by atoms with Crippen molar-refractivity contribution in [2.24, 2.45) is 0 Å². The van der Waals surface area contributed by atoms with Crippen LogP contribution in [0.15, 0.2) is 18.3 Å². The van der Waals surface area contributed by atoms with Crippen molar-refractivity contribution in [2.45, 2.75) is 25.3 Å². The fourth-order valence-corrected chi connectivity index (χ4v) is 3.25. The SMILES string of the molecule is CN(CCO)Cc1c(C2CCNCC2)[nH]c2ncccc12. The fraction of sp³-hybridized carbons (Fsp3) is 0.562. The summed E-state index contributed by atoms with van der Waals surface area (Å²) < 4.78 is 0. The number of H-pyrrole nitrogens is 1. The summed E-state index contributed by atoms with van der Waals surface area (Å²) in [7, 11) is 2.05. The molecule has 0 aliphatic carbocycles. The monoisotopic (exact) mass is 288 g/mol. The quantitative estimate of drug-likeness (QED) is 0.779. The van der Waals surface area contributed by atoms with E-state index in [4.69, 9.17) is 5.11 Å². The van der Waals surface area contributed by atoms with Crippen LogP contribution in [-0.4, -0.2) is 53.3 Å². The summed E-state index contributed by atoms with van der Waals surface area (Å²) in [5, 5.41) is 13.8. The second kappa shape index (κ2) is 6.56. The fourth-order valence-electron chi connectivity index (χ4n) is 3.25. The number of pyridine rings is 1. The van der Waals surface area contributed by atoms with Crippen molar-refractivity contribution in [3.8, 4) is 0 Å². The maximum atomic E-state index is 9.13. The van der Waals surface area contributed by atoms with Crippen LogP contribution in [0.5, 0.6) is 0 Å². The van der Waals surface area contributed by atoms with Crippen molar-refractivity contribution in [3.63, 3.8) is 0 Å². The average Bonchev–Trinajstić information content (AvgIpc) is 2.87. The number of hydrogen-bond donors (Lipinski definition) is 3. The predicted octanol–water partition coefficient (Wildman–Crippen LogP) is 1.45. The van der Waals surface area contributed by atoms with E-state index in [1.807, 2.05) is 12.3 Å². The van der Waals surface area contributed by atoms with Crippen molar-refractivity contribution in [3.05, 3.63) is 29.6 Å². The van der Waals surface area contributed by atoms with Crippen LogP contribution in [0.1, 0.15) is 30.0 Å². The lowest BCUT2D eigenvalue weighted by Crippen LogP contribution is -2.28. The molecule has 1 saturated heterocycles. The number of aromatic nitrogens is 2. The van der Waals surface area contributed by atoms with Crippen LogP contribution >= 0.6 is 0 Å². The second-order valence-electron chi connectivity index (χ2n) is 5.90. The van der Waals surface area contributed by atoms with E-state index in [-0.39, 0.29) is 6.61 Å². The van der Waals surface area contributed by atoms with E-state index < -0.39 is 0 Å². The van der Waals surface area contributed by atoms with Gasteiger partial charge in [0.15, 0.2) is 0 Å². The minimum absolute atomic E-state index is 0.194. The minimum atomic E-state index is 0.194. The third-order valence-electron chi connectivity index (χ3n) is 4.37. The van der Waals surface area contributed by atoms with Crippen LogP contribution in [0, 0.1) is 0 Å². The van der Waals surface area contributed by atoms with Gasteiger partial charge < -0.3 is 15.4 Å². The van der Waals surface area contributed by atoms with Gasteiger partial charge in [0.1, 0.15) is 5.65 Å². The van der Waals surface area contributed by atoms with Crippen molar-refractivity contribution < 1.29 is 5.11 Å². The number of fused-ring (bicyclic) bond motifs is 1. The average molecular weight is 288 g/mol. The van der Waals surface area contributed by atoms with Crippen molar-refractivity contribution in [1.82, 2.24) is 20.2 Å². The lowest BCUT2D eigenvalue weighted by atomic mass is 9.91. The van der Waals surface area contributed by atoms with Crippen LogP contribution in [0.3, 0.4) is 0 Å². The van der Waals surface area contributed by atoms with Gasteiger partial charge in [-0.3, -0.25) is 4.90 Å². The zero-order valence-corrected chi connectivity index (χ0v) is 12.6. The topological polar surface area (TPSA) is 64.2 Å². The third kappa shape index (κ3) is 3.10. The van der Waals surface area contributed by atoms with E-state index in [9.17, 15) is 0 Å². The molecule has 0 saturated carbocycles. The number of likely N-dealkylation sites (N-methyl/N-ethyl adjacent to an activating group) is 1. The molecule has 3 N–H and O–H groups in total. The zero-order chi connectivity index (χ0) is 14.7. The third-order valence-corrected chi connectivity index (χ3v) is 4.37. The van der Waals surface area contributed by atoms with E-state index in [0.29, 0.717) is 12.5 Å². The molecule has 2 aromatic heterocycles. The van der Waals surface area contributed by atoms with Crippen LogP contribution in [0.4, 0.5) is 0 Å². The van der Waals surface area contributed by atoms with Gasteiger partial charge in [0, 0.05) is 36.3 Å². The Morgan fingerprint density at radius 2 is 2.19 bits per heavy atom. The Morgan fingerprint density at radius 1 is 1.38 bits per heavy atom. The predicted molar refractivity (Wildman–Crippen MR) is 84.4 cm³/mol. The number of aliphatic hydroxyl groups is 1. The maximum Gasteiger partial charge on any atom is 0.137 e. The molecule has 0 atom stereocenters. The minimum Gasteiger partial charge on any atom is -0.395 e. The molecule has 3 heterocycles. The van der Waals surface area contributed by atoms with Crippen molar-refractivity contribution >= 4 is 11.0 Å². The molecule has 0 radical (unpaired) electrons. The molecule has 1 aliphatic heterocycles. The van der Waals surface area contributed by atoms with Gasteiger partial charge >= 0.3 is 0 Å². The second-order valence-corrected chi connectivity index (χ2v) is 5.90. The lowest BCUT2D eigenvalue weighted by Gasteiger charge is -2.24. The Labute approximate surface area is 125 Å². The van der Waals surface area contributed by atoms with Crippen molar-refractivity contribution in [2.75, 3.05) is 33.3 Å². The molecule has 0 unspecified atom stereocenters. The van der Waals surface area contributed by atoms with Crippen LogP contribution in [0.2, 0.25) is 0 Å². The van der Waals surface area contributed by atoms with Gasteiger partial charge in [0.25, 0.3) is 0 Å². The Morgan fingerprint density at radius 3 is 2.95 bits per heavy atom. The molecule has 5 nitrogen and oxygen atoms in total. The molecule has 0 amide bonds. The highest BCUT2D eigenvalue weighted by Gasteiger charge is 2.22. The molecule has 3 rings (SSSR count). The Kier molecular flexibility index (Phi) is 4.53. The highest BCUT2D eigenvalue weighted by atomic mass is 16.3. The standard InChI is InChI=1S/C16H24N4O/c1-20(9-10-21)11-14-13-3-2-6-18-16(13)19-15(14)12-4-7-17-8-5-12/h2-3,6,12,17,21H,4-5,7-11H2,1H3,(H,18,19). The summed E-state index contributed by atoms with van der Waals surface area (Å²) in [6.45, 7) is 3.91. The molecular formula is C16H24N4O. The molecular weight excluding hydrogens is 264 g/mol. The molecule has 2 aromatic rings. The maximum absolute atomic E-state index is 9.13. The lowest BCUT2D eigenvalue weighted by molar-refractivity contribution is 0.217. The van der Waals surface area contributed by atoms with Gasteiger partial charge in [-0.25, -0.2) is 4.98 Å². The number of nitrogens with one attached hydrogen (secondary N) is 2. The molecule has 1 fully saturated rings. The summed E-state index contributed by atoms with van der Waals surface area (Å²) in [6.07, 6.45) is 4.18. The number of hydrogen-bond acceptors (Lipinski definition) is 4. The van der Waals surface area contributed by atoms with Gasteiger partial charge in [-0.05, 0) is 50.7 Å². The molecule has 114 valence electrons. The highest BCUT2D eigenvalue weighted by Crippen LogP contribution is 2.32. The van der Waals surface area contributed by atoms with Gasteiger partial charge in [-0.15, -0.1) is 0 Å². The van der Waals surface area contributed by atoms with Gasteiger partial charge in [0.05, 0.1) is 6.61 Å². The number of nitrogens with zero attached hydrogens (tertiary/aromatic N) is 2. The Hall–Kier alpha value is -1.43. The number of aliphatic hydroxyl groups excluding tert-OH is 1. The van der Waals surface area contributed by atoms with Crippen molar-refractivity contribution in [1.29, 1.82) is 0 Å². The van der Waals surface area contributed by atoms with Gasteiger partial charge in [-0.2, -0.15) is 0 Å². The molecule has 0 aromatic carbocycles. The van der Waals surface area contributed by atoms with E-state index in [2.05, 4.69) is 33.3 Å². The molecule has 21 heavy (non-hydrogen) atoms. The Balaban J connectivity index is 1.96. The number of rotatable bonds is 5. The van der Waals surface area contributed by atoms with Crippen LogP contribution < -0.4 is 5.32 Å². The van der Waals surface area contributed by atoms with Gasteiger partial charge in [-0.1, -0.05) is 0 Å². The first-order chi connectivity index (χ1) is 10.3. The first-order valence-electron chi connectivity index (χ1n) is 7.75.